The third-order valence-corrected chi connectivity index (χ3v) is 6.49. The summed E-state index contributed by atoms with van der Waals surface area (Å²) in [7, 11) is 2.01. The van der Waals surface area contributed by atoms with E-state index in [1.807, 2.05) is 18.5 Å². The Morgan fingerprint density at radius 3 is 2.48 bits per heavy atom. The molecule has 0 bridgehead atoms. The minimum absolute atomic E-state index is 0.483. The van der Waals surface area contributed by atoms with E-state index in [0.717, 1.165) is 30.2 Å². The first-order chi connectivity index (χ1) is 13.1. The van der Waals surface area contributed by atoms with Gasteiger partial charge >= 0.3 is 0 Å². The predicted molar refractivity (Wildman–Crippen MR) is 108 cm³/mol. The lowest BCUT2D eigenvalue weighted by atomic mass is 9.96. The first-order valence-electron chi connectivity index (χ1n) is 10.8. The number of aliphatic imine (C=N–C) groups is 1. The van der Waals surface area contributed by atoms with E-state index in [2.05, 4.69) is 32.7 Å². The van der Waals surface area contributed by atoms with Crippen LogP contribution in [-0.4, -0.2) is 56.3 Å². The smallest absolute Gasteiger partial charge is 0.192 e. The van der Waals surface area contributed by atoms with Crippen LogP contribution in [0.5, 0.6) is 0 Å². The number of guanidine groups is 1. The molecular weight excluding hydrogens is 338 g/mol. The molecule has 2 aliphatic carbocycles. The second-order valence-electron chi connectivity index (χ2n) is 8.72. The molecule has 7 heteroatoms. The van der Waals surface area contributed by atoms with Gasteiger partial charge in [-0.05, 0) is 46.0 Å². The molecule has 1 aliphatic heterocycles. The molecule has 2 saturated carbocycles. The van der Waals surface area contributed by atoms with Crippen LogP contribution in [0.15, 0.2) is 4.99 Å². The van der Waals surface area contributed by atoms with Crippen molar-refractivity contribution < 1.29 is 0 Å². The molecule has 3 fully saturated rings. The highest BCUT2D eigenvalue weighted by molar-refractivity contribution is 5.80. The maximum atomic E-state index is 4.89. The van der Waals surface area contributed by atoms with Crippen LogP contribution in [0.25, 0.3) is 0 Å². The van der Waals surface area contributed by atoms with Crippen LogP contribution in [0.1, 0.15) is 69.9 Å². The number of hydrogen-bond acceptors (Lipinski definition) is 4. The summed E-state index contributed by atoms with van der Waals surface area (Å²) >= 11 is 0. The molecule has 2 atom stereocenters. The Labute approximate surface area is 163 Å². The van der Waals surface area contributed by atoms with Crippen molar-refractivity contribution in [2.24, 2.45) is 12.0 Å². The molecule has 0 amide bonds. The number of rotatable bonds is 5. The zero-order valence-corrected chi connectivity index (χ0v) is 17.1. The molecule has 0 spiro atoms. The van der Waals surface area contributed by atoms with Gasteiger partial charge in [-0.3, -0.25) is 4.90 Å². The molecule has 0 radical (unpaired) electrons. The van der Waals surface area contributed by atoms with Crippen molar-refractivity contribution >= 4 is 5.96 Å². The molecule has 0 aromatic carbocycles. The van der Waals surface area contributed by atoms with Crippen molar-refractivity contribution in [3.8, 4) is 0 Å². The predicted octanol–water partition coefficient (Wildman–Crippen LogP) is 2.12. The SMILES string of the molecule is Cc1nnc(CN=C(NC2CCCCC2)NC2CC(C)N(C3CC3)C2)n1C. The largest absolute Gasteiger partial charge is 0.354 e. The molecule has 1 aromatic rings. The summed E-state index contributed by atoms with van der Waals surface area (Å²) in [6.45, 7) is 6.05. The topological polar surface area (TPSA) is 70.4 Å². The molecule has 4 rings (SSSR count). The third-order valence-electron chi connectivity index (χ3n) is 6.49. The van der Waals surface area contributed by atoms with Gasteiger partial charge in [-0.25, -0.2) is 4.99 Å². The molecular formula is C20H35N7. The van der Waals surface area contributed by atoms with Gasteiger partial charge in [-0.2, -0.15) is 0 Å². The van der Waals surface area contributed by atoms with Gasteiger partial charge in [-0.15, -0.1) is 10.2 Å². The Hall–Kier alpha value is -1.63. The zero-order chi connectivity index (χ0) is 18.8. The first kappa shape index (κ1) is 18.7. The Balaban J connectivity index is 1.42. The van der Waals surface area contributed by atoms with Gasteiger partial charge in [0.15, 0.2) is 11.8 Å². The summed E-state index contributed by atoms with van der Waals surface area (Å²) in [4.78, 5) is 7.57. The summed E-state index contributed by atoms with van der Waals surface area (Å²) in [5, 5.41) is 15.9. The van der Waals surface area contributed by atoms with E-state index < -0.39 is 0 Å². The Morgan fingerprint density at radius 1 is 1.07 bits per heavy atom. The number of likely N-dealkylation sites (tertiary alicyclic amines) is 1. The standard InChI is InChI=1S/C20H35N7/c1-14-11-17(13-27(14)18-9-10-18)23-20(22-16-7-5-4-6-8-16)21-12-19-25-24-15(2)26(19)3/h14,16-18H,4-13H2,1-3H3,(H2,21,22,23). The van der Waals surface area contributed by atoms with E-state index in [9.17, 15) is 0 Å². The minimum atomic E-state index is 0.483. The van der Waals surface area contributed by atoms with Crippen LogP contribution in [0.3, 0.4) is 0 Å². The molecule has 1 aromatic heterocycles. The highest BCUT2D eigenvalue weighted by Crippen LogP contribution is 2.33. The Morgan fingerprint density at radius 2 is 1.81 bits per heavy atom. The van der Waals surface area contributed by atoms with E-state index in [4.69, 9.17) is 4.99 Å². The average molecular weight is 374 g/mol. The number of nitrogens with zero attached hydrogens (tertiary/aromatic N) is 5. The highest BCUT2D eigenvalue weighted by atomic mass is 15.3. The summed E-state index contributed by atoms with van der Waals surface area (Å²) in [5.74, 6) is 2.80. The van der Waals surface area contributed by atoms with Gasteiger partial charge in [0, 0.05) is 37.8 Å². The second-order valence-corrected chi connectivity index (χ2v) is 8.72. The van der Waals surface area contributed by atoms with Crippen LogP contribution in [-0.2, 0) is 13.6 Å². The molecule has 1 saturated heterocycles. The average Bonchev–Trinajstić information content (AvgIpc) is 3.37. The molecule has 27 heavy (non-hydrogen) atoms. The first-order valence-corrected chi connectivity index (χ1v) is 10.8. The van der Waals surface area contributed by atoms with E-state index in [-0.39, 0.29) is 0 Å². The molecule has 7 nitrogen and oxygen atoms in total. The van der Waals surface area contributed by atoms with Crippen LogP contribution in [0.2, 0.25) is 0 Å². The van der Waals surface area contributed by atoms with E-state index in [1.54, 1.807) is 0 Å². The van der Waals surface area contributed by atoms with Gasteiger partial charge in [0.2, 0.25) is 0 Å². The van der Waals surface area contributed by atoms with Crippen molar-refractivity contribution in [2.75, 3.05) is 6.54 Å². The van der Waals surface area contributed by atoms with Crippen LogP contribution >= 0.6 is 0 Å². The fourth-order valence-electron chi connectivity index (χ4n) is 4.58. The summed E-state index contributed by atoms with van der Waals surface area (Å²) in [6, 6.07) is 2.54. The van der Waals surface area contributed by atoms with Crippen molar-refractivity contribution in [3.05, 3.63) is 11.6 Å². The monoisotopic (exact) mass is 373 g/mol. The van der Waals surface area contributed by atoms with Crippen LogP contribution in [0, 0.1) is 6.92 Å². The van der Waals surface area contributed by atoms with Gasteiger partial charge < -0.3 is 15.2 Å². The normalized spacial score (nSPS) is 27.9. The van der Waals surface area contributed by atoms with Gasteiger partial charge in [0.05, 0.1) is 0 Å². The highest BCUT2D eigenvalue weighted by Gasteiger charge is 2.39. The van der Waals surface area contributed by atoms with Crippen LogP contribution < -0.4 is 10.6 Å². The summed E-state index contributed by atoms with van der Waals surface area (Å²) in [6.07, 6.45) is 10.5. The minimum Gasteiger partial charge on any atom is -0.354 e. The summed E-state index contributed by atoms with van der Waals surface area (Å²) in [5.41, 5.74) is 0. The molecule has 2 heterocycles. The van der Waals surface area contributed by atoms with E-state index in [0.29, 0.717) is 24.7 Å². The van der Waals surface area contributed by atoms with Gasteiger partial charge in [0.1, 0.15) is 12.4 Å². The maximum absolute atomic E-state index is 4.89. The molecule has 2 N–H and O–H groups in total. The zero-order valence-electron chi connectivity index (χ0n) is 17.1. The van der Waals surface area contributed by atoms with Crippen molar-refractivity contribution in [3.63, 3.8) is 0 Å². The molecule has 2 unspecified atom stereocenters. The Bertz CT molecular complexity index is 657. The fraction of sp³-hybridized carbons (Fsp3) is 0.850. The lowest BCUT2D eigenvalue weighted by molar-refractivity contribution is 0.256. The lowest BCUT2D eigenvalue weighted by Gasteiger charge is -2.26. The maximum Gasteiger partial charge on any atom is 0.192 e. The number of aryl methyl sites for hydroxylation is 1. The number of aromatic nitrogens is 3. The Kier molecular flexibility index (Phi) is 5.66. The van der Waals surface area contributed by atoms with Gasteiger partial charge in [0.25, 0.3) is 0 Å². The summed E-state index contributed by atoms with van der Waals surface area (Å²) < 4.78 is 2.02. The molecule has 3 aliphatic rings. The van der Waals surface area contributed by atoms with E-state index in [1.165, 1.54) is 51.4 Å². The van der Waals surface area contributed by atoms with Crippen LogP contribution in [0.4, 0.5) is 0 Å². The fourth-order valence-corrected chi connectivity index (χ4v) is 4.58. The molecule has 150 valence electrons. The lowest BCUT2D eigenvalue weighted by Crippen LogP contribution is -2.48. The second kappa shape index (κ2) is 8.17. The van der Waals surface area contributed by atoms with Crippen molar-refractivity contribution in [2.45, 2.75) is 95.9 Å². The van der Waals surface area contributed by atoms with E-state index >= 15 is 0 Å². The van der Waals surface area contributed by atoms with Crippen molar-refractivity contribution in [1.82, 2.24) is 30.3 Å². The van der Waals surface area contributed by atoms with Gasteiger partial charge in [-0.1, -0.05) is 19.3 Å². The number of nitrogens with one attached hydrogen (secondary N) is 2. The van der Waals surface area contributed by atoms with Crippen molar-refractivity contribution in [1.29, 1.82) is 0 Å². The quantitative estimate of drug-likeness (QED) is 0.611. The third kappa shape index (κ3) is 4.62. The number of hydrogen-bond donors (Lipinski definition) is 2.